The lowest BCUT2D eigenvalue weighted by Gasteiger charge is -2.17. The van der Waals surface area contributed by atoms with Crippen molar-refractivity contribution in [3.05, 3.63) is 71.8 Å². The molecular weight excluding hydrogens is 368 g/mol. The van der Waals surface area contributed by atoms with Gasteiger partial charge in [-0.2, -0.15) is 0 Å². The smallest absolute Gasteiger partial charge is 0.255 e. The molecule has 3 aliphatic rings. The highest BCUT2D eigenvalue weighted by Gasteiger charge is 2.59. The first-order valence-corrected chi connectivity index (χ1v) is 9.75. The maximum Gasteiger partial charge on any atom is 0.255 e. The minimum absolute atomic E-state index is 0.133. The monoisotopic (exact) mass is 388 g/mol. The number of para-hydroxylation sites is 1. The lowest BCUT2D eigenvalue weighted by Crippen LogP contribution is -2.32. The Balaban J connectivity index is 1.35. The Morgan fingerprint density at radius 2 is 1.59 bits per heavy atom. The van der Waals surface area contributed by atoms with Crippen LogP contribution in [0.25, 0.3) is 0 Å². The quantitative estimate of drug-likeness (QED) is 0.623. The predicted octanol–water partition coefficient (Wildman–Crippen LogP) is 2.74. The molecule has 5 rings (SSSR count). The summed E-state index contributed by atoms with van der Waals surface area (Å²) in [5.74, 6) is -0.732. The summed E-state index contributed by atoms with van der Waals surface area (Å²) in [6, 6.07) is 13.5. The topological polar surface area (TPSA) is 86.7 Å². The number of anilines is 2. The molecule has 4 unspecified atom stereocenters. The number of nitrogens with one attached hydrogen (secondary N) is 1. The number of aliphatic hydroxyl groups excluding tert-OH is 1. The molecule has 4 atom stereocenters. The highest BCUT2D eigenvalue weighted by molar-refractivity contribution is 6.23. The van der Waals surface area contributed by atoms with Gasteiger partial charge in [-0.1, -0.05) is 30.4 Å². The van der Waals surface area contributed by atoms with E-state index in [4.69, 9.17) is 0 Å². The van der Waals surface area contributed by atoms with E-state index < -0.39 is 0 Å². The van der Waals surface area contributed by atoms with Crippen LogP contribution < -0.4 is 10.2 Å². The molecule has 6 nitrogen and oxygen atoms in total. The van der Waals surface area contributed by atoms with Gasteiger partial charge in [-0.3, -0.25) is 19.3 Å². The summed E-state index contributed by atoms with van der Waals surface area (Å²) < 4.78 is 0. The van der Waals surface area contributed by atoms with Crippen LogP contribution in [-0.2, 0) is 16.2 Å². The molecule has 29 heavy (non-hydrogen) atoms. The number of nitrogens with zero attached hydrogens (tertiary/aromatic N) is 1. The van der Waals surface area contributed by atoms with Crippen molar-refractivity contribution in [1.29, 1.82) is 0 Å². The van der Waals surface area contributed by atoms with E-state index in [0.29, 0.717) is 22.5 Å². The third-order valence-electron chi connectivity index (χ3n) is 6.29. The number of benzene rings is 2. The fourth-order valence-electron chi connectivity index (χ4n) is 4.89. The second kappa shape index (κ2) is 6.67. The van der Waals surface area contributed by atoms with Crippen LogP contribution in [-0.4, -0.2) is 22.8 Å². The van der Waals surface area contributed by atoms with E-state index >= 15 is 0 Å². The number of hydrogen-bond donors (Lipinski definition) is 2. The summed E-state index contributed by atoms with van der Waals surface area (Å²) in [5, 5.41) is 12.2. The number of fused-ring (bicyclic) bond motifs is 5. The Hall–Kier alpha value is -3.25. The van der Waals surface area contributed by atoms with Gasteiger partial charge in [0.1, 0.15) is 0 Å². The van der Waals surface area contributed by atoms with Gasteiger partial charge in [0.15, 0.2) is 0 Å². The summed E-state index contributed by atoms with van der Waals surface area (Å²) in [5.41, 5.74) is 2.08. The number of aliphatic hydroxyl groups is 1. The fourth-order valence-corrected chi connectivity index (χ4v) is 4.89. The third-order valence-corrected chi connectivity index (χ3v) is 6.29. The highest BCUT2D eigenvalue weighted by atomic mass is 16.3. The average molecular weight is 388 g/mol. The average Bonchev–Trinajstić information content (AvgIpc) is 3.42. The van der Waals surface area contributed by atoms with E-state index in [2.05, 4.69) is 17.5 Å². The maximum atomic E-state index is 12.9. The zero-order chi connectivity index (χ0) is 20.1. The van der Waals surface area contributed by atoms with Gasteiger partial charge in [0, 0.05) is 16.8 Å². The number of hydrogen-bond acceptors (Lipinski definition) is 4. The number of allylic oxidation sites excluding steroid dienone is 2. The molecule has 2 aliphatic carbocycles. The van der Waals surface area contributed by atoms with E-state index in [0.717, 1.165) is 6.42 Å². The predicted molar refractivity (Wildman–Crippen MR) is 107 cm³/mol. The second-order valence-electron chi connectivity index (χ2n) is 7.83. The molecule has 6 heteroatoms. The van der Waals surface area contributed by atoms with Gasteiger partial charge in [0.2, 0.25) is 11.8 Å². The van der Waals surface area contributed by atoms with E-state index in [1.165, 1.54) is 4.90 Å². The van der Waals surface area contributed by atoms with Gasteiger partial charge < -0.3 is 10.4 Å². The Morgan fingerprint density at radius 1 is 0.966 bits per heavy atom. The van der Waals surface area contributed by atoms with Gasteiger partial charge in [-0.15, -0.1) is 0 Å². The first-order valence-electron chi connectivity index (χ1n) is 9.75. The summed E-state index contributed by atoms with van der Waals surface area (Å²) in [6.07, 6.45) is 5.03. The standard InChI is InChI=1S/C23H20N2O4/c26-12-16-3-1-2-4-18(16)24-21(27)13-7-9-17(10-8-13)25-22(28)19-14-5-6-15(11-14)20(19)23(25)29/h1-10,14-15,19-20,26H,11-12H2,(H,24,27). The van der Waals surface area contributed by atoms with Gasteiger partial charge in [0.25, 0.3) is 5.91 Å². The second-order valence-corrected chi connectivity index (χ2v) is 7.83. The highest BCUT2D eigenvalue weighted by Crippen LogP contribution is 2.53. The van der Waals surface area contributed by atoms with E-state index in [-0.39, 0.29) is 48.0 Å². The molecule has 2 bridgehead atoms. The van der Waals surface area contributed by atoms with Crippen LogP contribution in [0.15, 0.2) is 60.7 Å². The van der Waals surface area contributed by atoms with Crippen LogP contribution >= 0.6 is 0 Å². The van der Waals surface area contributed by atoms with Crippen LogP contribution in [0, 0.1) is 23.7 Å². The number of carbonyl (C=O) groups excluding carboxylic acids is 3. The van der Waals surface area contributed by atoms with Crippen LogP contribution in [0.3, 0.4) is 0 Å². The van der Waals surface area contributed by atoms with Crippen molar-refractivity contribution in [2.75, 3.05) is 10.2 Å². The maximum absolute atomic E-state index is 12.9. The van der Waals surface area contributed by atoms with Crippen molar-refractivity contribution in [2.24, 2.45) is 23.7 Å². The minimum atomic E-state index is -0.323. The molecule has 0 radical (unpaired) electrons. The molecule has 1 saturated carbocycles. The fraction of sp³-hybridized carbons (Fsp3) is 0.261. The van der Waals surface area contributed by atoms with Crippen molar-refractivity contribution >= 4 is 29.1 Å². The van der Waals surface area contributed by atoms with E-state index in [9.17, 15) is 19.5 Å². The zero-order valence-electron chi connectivity index (χ0n) is 15.6. The van der Waals surface area contributed by atoms with Crippen molar-refractivity contribution in [3.8, 4) is 0 Å². The molecule has 2 N–H and O–H groups in total. The molecule has 1 heterocycles. The first kappa shape index (κ1) is 17.8. The molecule has 146 valence electrons. The van der Waals surface area contributed by atoms with Crippen molar-refractivity contribution in [3.63, 3.8) is 0 Å². The molecule has 2 aromatic rings. The van der Waals surface area contributed by atoms with Crippen molar-refractivity contribution in [2.45, 2.75) is 13.0 Å². The lowest BCUT2D eigenvalue weighted by atomic mass is 9.85. The molecule has 0 aromatic heterocycles. The van der Waals surface area contributed by atoms with Crippen LogP contribution in [0.1, 0.15) is 22.3 Å². The largest absolute Gasteiger partial charge is 0.392 e. The normalized spacial score (nSPS) is 26.9. The number of carbonyl (C=O) groups is 3. The molecule has 3 amide bonds. The SMILES string of the molecule is O=C(Nc1ccccc1CO)c1ccc(N2C(=O)C3C4C=CC(C4)C3C2=O)cc1. The zero-order valence-corrected chi connectivity index (χ0v) is 15.6. The molecule has 2 fully saturated rings. The Morgan fingerprint density at radius 3 is 2.21 bits per heavy atom. The van der Waals surface area contributed by atoms with Gasteiger partial charge in [-0.05, 0) is 48.6 Å². The number of amides is 3. The van der Waals surface area contributed by atoms with Crippen LogP contribution in [0.2, 0.25) is 0 Å². The first-order chi connectivity index (χ1) is 14.1. The lowest BCUT2D eigenvalue weighted by molar-refractivity contribution is -0.123. The number of imide groups is 1. The third kappa shape index (κ3) is 2.71. The molecule has 0 spiro atoms. The molecule has 1 saturated heterocycles. The summed E-state index contributed by atoms with van der Waals surface area (Å²) in [6.45, 7) is -0.173. The molecular formula is C23H20N2O4. The van der Waals surface area contributed by atoms with Crippen LogP contribution in [0.5, 0.6) is 0 Å². The summed E-state index contributed by atoms with van der Waals surface area (Å²) in [7, 11) is 0. The van der Waals surface area contributed by atoms with Crippen molar-refractivity contribution < 1.29 is 19.5 Å². The van der Waals surface area contributed by atoms with Gasteiger partial charge >= 0.3 is 0 Å². The van der Waals surface area contributed by atoms with Gasteiger partial charge in [-0.25, -0.2) is 0 Å². The Kier molecular flexibility index (Phi) is 4.10. The van der Waals surface area contributed by atoms with Gasteiger partial charge in [0.05, 0.1) is 24.1 Å². The Bertz CT molecular complexity index is 1010. The van der Waals surface area contributed by atoms with E-state index in [1.807, 2.05) is 0 Å². The summed E-state index contributed by atoms with van der Waals surface area (Å²) in [4.78, 5) is 39.6. The minimum Gasteiger partial charge on any atom is -0.392 e. The molecule has 1 aliphatic heterocycles. The number of rotatable bonds is 4. The van der Waals surface area contributed by atoms with Crippen LogP contribution in [0.4, 0.5) is 11.4 Å². The Labute approximate surface area is 167 Å². The van der Waals surface area contributed by atoms with Crippen molar-refractivity contribution in [1.82, 2.24) is 0 Å². The summed E-state index contributed by atoms with van der Waals surface area (Å²) >= 11 is 0. The van der Waals surface area contributed by atoms with E-state index in [1.54, 1.807) is 48.5 Å². The molecule has 2 aromatic carbocycles.